The zero-order valence-corrected chi connectivity index (χ0v) is 15.7. The summed E-state index contributed by atoms with van der Waals surface area (Å²) in [6, 6.07) is 5.92. The molecule has 0 aliphatic carbocycles. The van der Waals surface area contributed by atoms with Crippen molar-refractivity contribution in [2.45, 2.75) is 26.5 Å². The smallest absolute Gasteiger partial charge is 0.161 e. The van der Waals surface area contributed by atoms with E-state index >= 15 is 0 Å². The lowest BCUT2D eigenvalue weighted by Crippen LogP contribution is -2.42. The van der Waals surface area contributed by atoms with Crippen LogP contribution in [0.25, 0.3) is 0 Å². The molecule has 0 bridgehead atoms. The van der Waals surface area contributed by atoms with Crippen molar-refractivity contribution in [1.29, 1.82) is 0 Å². The number of nitrogens with zero attached hydrogens (tertiary/aromatic N) is 1. The van der Waals surface area contributed by atoms with E-state index in [1.54, 1.807) is 7.11 Å². The fourth-order valence-corrected chi connectivity index (χ4v) is 2.77. The average Bonchev–Trinajstić information content (AvgIpc) is 2.61. The van der Waals surface area contributed by atoms with E-state index in [0.717, 1.165) is 45.0 Å². The predicted octanol–water partition coefficient (Wildman–Crippen LogP) is 1.51. The zero-order valence-electron chi connectivity index (χ0n) is 15.7. The molecule has 1 aliphatic heterocycles. The van der Waals surface area contributed by atoms with Gasteiger partial charge in [0, 0.05) is 26.2 Å². The predicted molar refractivity (Wildman–Crippen MR) is 98.3 cm³/mol. The summed E-state index contributed by atoms with van der Waals surface area (Å²) in [6.45, 7) is 10.2. The van der Waals surface area contributed by atoms with Gasteiger partial charge in [-0.3, -0.25) is 4.90 Å². The molecular formula is C19H32N2O4. The van der Waals surface area contributed by atoms with Crippen molar-refractivity contribution in [1.82, 2.24) is 10.2 Å². The molecule has 2 rings (SSSR count). The van der Waals surface area contributed by atoms with Gasteiger partial charge in [0.25, 0.3) is 0 Å². The van der Waals surface area contributed by atoms with Crippen LogP contribution in [0.5, 0.6) is 11.5 Å². The minimum absolute atomic E-state index is 0.249. The van der Waals surface area contributed by atoms with E-state index in [1.165, 1.54) is 0 Å². The minimum Gasteiger partial charge on any atom is -0.493 e. The topological polar surface area (TPSA) is 63.2 Å². The maximum absolute atomic E-state index is 10.2. The first-order valence-corrected chi connectivity index (χ1v) is 9.07. The van der Waals surface area contributed by atoms with Gasteiger partial charge in [-0.05, 0) is 30.2 Å². The van der Waals surface area contributed by atoms with Crippen LogP contribution >= 0.6 is 0 Å². The lowest BCUT2D eigenvalue weighted by molar-refractivity contribution is 0.00445. The normalized spacial score (nSPS) is 16.8. The van der Waals surface area contributed by atoms with Gasteiger partial charge < -0.3 is 24.6 Å². The number of benzene rings is 1. The molecule has 1 saturated heterocycles. The van der Waals surface area contributed by atoms with Gasteiger partial charge in [0.2, 0.25) is 0 Å². The van der Waals surface area contributed by atoms with E-state index in [9.17, 15) is 5.11 Å². The highest BCUT2D eigenvalue weighted by atomic mass is 16.5. The summed E-state index contributed by atoms with van der Waals surface area (Å²) in [5, 5.41) is 13.6. The van der Waals surface area contributed by atoms with Crippen LogP contribution in [0.4, 0.5) is 0 Å². The third-order valence-corrected chi connectivity index (χ3v) is 4.11. The molecule has 6 nitrogen and oxygen atoms in total. The second kappa shape index (κ2) is 10.6. The van der Waals surface area contributed by atoms with Gasteiger partial charge in [-0.15, -0.1) is 0 Å². The highest BCUT2D eigenvalue weighted by Crippen LogP contribution is 2.28. The maximum atomic E-state index is 10.2. The van der Waals surface area contributed by atoms with E-state index in [0.29, 0.717) is 24.0 Å². The Morgan fingerprint density at radius 1 is 1.24 bits per heavy atom. The third kappa shape index (κ3) is 7.20. The Bertz CT molecular complexity index is 504. The van der Waals surface area contributed by atoms with Gasteiger partial charge in [0.1, 0.15) is 12.7 Å². The van der Waals surface area contributed by atoms with Crippen LogP contribution in [0.1, 0.15) is 19.4 Å². The molecule has 1 heterocycles. The number of aliphatic hydroxyl groups is 1. The zero-order chi connectivity index (χ0) is 18.1. The van der Waals surface area contributed by atoms with Crippen LogP contribution in [-0.4, -0.2) is 69.2 Å². The summed E-state index contributed by atoms with van der Waals surface area (Å²) in [5.74, 6) is 1.98. The number of nitrogens with one attached hydrogen (secondary N) is 1. The molecule has 1 aromatic carbocycles. The Balaban J connectivity index is 1.81. The lowest BCUT2D eigenvalue weighted by atomic mass is 10.2. The molecule has 2 N–H and O–H groups in total. The Morgan fingerprint density at radius 2 is 2.00 bits per heavy atom. The van der Waals surface area contributed by atoms with Crippen molar-refractivity contribution in [3.8, 4) is 11.5 Å². The Labute approximate surface area is 151 Å². The van der Waals surface area contributed by atoms with E-state index < -0.39 is 6.10 Å². The first kappa shape index (κ1) is 20.0. The molecule has 25 heavy (non-hydrogen) atoms. The average molecular weight is 352 g/mol. The molecule has 0 amide bonds. The quantitative estimate of drug-likeness (QED) is 0.666. The van der Waals surface area contributed by atoms with Crippen molar-refractivity contribution in [2.75, 3.05) is 53.1 Å². The molecule has 1 unspecified atom stereocenters. The van der Waals surface area contributed by atoms with E-state index in [4.69, 9.17) is 14.2 Å². The summed E-state index contributed by atoms with van der Waals surface area (Å²) in [4.78, 5) is 2.19. The van der Waals surface area contributed by atoms with Gasteiger partial charge in [0.05, 0.1) is 20.3 Å². The summed E-state index contributed by atoms with van der Waals surface area (Å²) >= 11 is 0. The Kier molecular flexibility index (Phi) is 8.48. The molecule has 1 fully saturated rings. The molecule has 0 aromatic heterocycles. The second-order valence-corrected chi connectivity index (χ2v) is 6.89. The van der Waals surface area contributed by atoms with Crippen LogP contribution < -0.4 is 14.8 Å². The molecule has 142 valence electrons. The van der Waals surface area contributed by atoms with Crippen LogP contribution in [0, 0.1) is 5.92 Å². The Hall–Kier alpha value is -1.34. The van der Waals surface area contributed by atoms with E-state index in [2.05, 4.69) is 24.1 Å². The van der Waals surface area contributed by atoms with Gasteiger partial charge in [-0.1, -0.05) is 19.9 Å². The third-order valence-electron chi connectivity index (χ3n) is 4.11. The number of methoxy groups -OCH3 is 1. The number of aliphatic hydroxyl groups excluding tert-OH is 1. The van der Waals surface area contributed by atoms with Gasteiger partial charge in [-0.25, -0.2) is 0 Å². The fourth-order valence-electron chi connectivity index (χ4n) is 2.77. The van der Waals surface area contributed by atoms with Crippen molar-refractivity contribution < 1.29 is 19.3 Å². The van der Waals surface area contributed by atoms with Crippen molar-refractivity contribution >= 4 is 0 Å². The van der Waals surface area contributed by atoms with Gasteiger partial charge >= 0.3 is 0 Å². The summed E-state index contributed by atoms with van der Waals surface area (Å²) in [5.41, 5.74) is 1.15. The van der Waals surface area contributed by atoms with Crippen molar-refractivity contribution in [2.24, 2.45) is 5.92 Å². The molecule has 0 spiro atoms. The molecule has 1 atom stereocenters. The number of morpholine rings is 1. The first-order chi connectivity index (χ1) is 12.1. The number of hydrogen-bond donors (Lipinski definition) is 2. The van der Waals surface area contributed by atoms with E-state index in [1.807, 2.05) is 18.2 Å². The molecule has 0 saturated carbocycles. The highest BCUT2D eigenvalue weighted by Gasteiger charge is 2.16. The van der Waals surface area contributed by atoms with E-state index in [-0.39, 0.29) is 6.61 Å². The molecular weight excluding hydrogens is 320 g/mol. The maximum Gasteiger partial charge on any atom is 0.161 e. The molecule has 1 aliphatic rings. The summed E-state index contributed by atoms with van der Waals surface area (Å²) in [7, 11) is 1.64. The second-order valence-electron chi connectivity index (χ2n) is 6.89. The standard InChI is InChI=1S/C19H32N2O4/c1-15(2)11-20-12-16-4-5-18(19(10-16)23-3)25-14-17(22)13-21-6-8-24-9-7-21/h4-5,10,15,17,20,22H,6-9,11-14H2,1-3H3. The van der Waals surface area contributed by atoms with Crippen molar-refractivity contribution in [3.05, 3.63) is 23.8 Å². The van der Waals surface area contributed by atoms with Crippen molar-refractivity contribution in [3.63, 3.8) is 0 Å². The van der Waals surface area contributed by atoms with Crippen LogP contribution in [0.3, 0.4) is 0 Å². The lowest BCUT2D eigenvalue weighted by Gasteiger charge is -2.28. The van der Waals surface area contributed by atoms with Crippen LogP contribution in [-0.2, 0) is 11.3 Å². The number of ether oxygens (including phenoxy) is 3. The monoisotopic (exact) mass is 352 g/mol. The van der Waals surface area contributed by atoms with Gasteiger partial charge in [-0.2, -0.15) is 0 Å². The highest BCUT2D eigenvalue weighted by molar-refractivity contribution is 5.43. The molecule has 0 radical (unpaired) electrons. The summed E-state index contributed by atoms with van der Waals surface area (Å²) < 4.78 is 16.5. The number of β-amino-alcohol motifs (C(OH)–C–C–N with tert-alkyl or cyclic N) is 1. The molecule has 1 aromatic rings. The van der Waals surface area contributed by atoms with Crippen LogP contribution in [0.15, 0.2) is 18.2 Å². The minimum atomic E-state index is -0.532. The number of hydrogen-bond acceptors (Lipinski definition) is 6. The molecule has 6 heteroatoms. The SMILES string of the molecule is COc1cc(CNCC(C)C)ccc1OCC(O)CN1CCOCC1. The Morgan fingerprint density at radius 3 is 2.68 bits per heavy atom. The number of rotatable bonds is 10. The largest absolute Gasteiger partial charge is 0.493 e. The summed E-state index contributed by atoms with van der Waals surface area (Å²) in [6.07, 6.45) is -0.532. The fraction of sp³-hybridized carbons (Fsp3) is 0.684. The van der Waals surface area contributed by atoms with Gasteiger partial charge in [0.15, 0.2) is 11.5 Å². The van der Waals surface area contributed by atoms with Crippen LogP contribution in [0.2, 0.25) is 0 Å². The first-order valence-electron chi connectivity index (χ1n) is 9.07.